The molecule has 4 nitrogen and oxygen atoms in total. The second kappa shape index (κ2) is 6.25. The van der Waals surface area contributed by atoms with Crippen molar-refractivity contribution < 1.29 is 13.2 Å². The van der Waals surface area contributed by atoms with Gasteiger partial charge in [0.2, 0.25) is 0 Å². The number of benzene rings is 2. The number of methoxy groups -OCH3 is 1. The summed E-state index contributed by atoms with van der Waals surface area (Å²) in [4.78, 5) is 0.167. The molecule has 21 heavy (non-hydrogen) atoms. The van der Waals surface area contributed by atoms with Crippen LogP contribution < -0.4 is 9.46 Å². The molecule has 7 heteroatoms. The molecule has 0 atom stereocenters. The standard InChI is InChI=1S/C14H13BrClNO3S/c1-9-7-13(14(20-2)8-12(9)16)17-21(18,19)11-5-3-10(15)4-6-11/h3-8,17H,1-2H3. The molecule has 0 fully saturated rings. The molecule has 2 rings (SSSR count). The van der Waals surface area contributed by atoms with Gasteiger partial charge in [0.15, 0.2) is 0 Å². The predicted octanol–water partition coefficient (Wildman–Crippen LogP) is 4.22. The number of anilines is 1. The molecule has 0 aliphatic carbocycles. The largest absolute Gasteiger partial charge is 0.495 e. The minimum absolute atomic E-state index is 0.167. The van der Waals surface area contributed by atoms with E-state index in [0.717, 1.165) is 10.0 Å². The van der Waals surface area contributed by atoms with E-state index >= 15 is 0 Å². The van der Waals surface area contributed by atoms with Crippen molar-refractivity contribution in [2.75, 3.05) is 11.8 Å². The number of sulfonamides is 1. The smallest absolute Gasteiger partial charge is 0.262 e. The molecule has 0 aliphatic heterocycles. The lowest BCUT2D eigenvalue weighted by molar-refractivity contribution is 0.417. The summed E-state index contributed by atoms with van der Waals surface area (Å²) in [5.74, 6) is 0.367. The summed E-state index contributed by atoms with van der Waals surface area (Å²) < 4.78 is 33.2. The average molecular weight is 391 g/mol. The molecule has 1 N–H and O–H groups in total. The molecule has 2 aromatic rings. The molecular formula is C14H13BrClNO3S. The summed E-state index contributed by atoms with van der Waals surface area (Å²) in [5, 5.41) is 0.512. The maximum atomic E-state index is 12.4. The zero-order valence-corrected chi connectivity index (χ0v) is 14.5. The van der Waals surface area contributed by atoms with Crippen LogP contribution in [0.2, 0.25) is 5.02 Å². The van der Waals surface area contributed by atoms with Crippen LogP contribution >= 0.6 is 27.5 Å². The van der Waals surface area contributed by atoms with Crippen molar-refractivity contribution in [1.82, 2.24) is 0 Å². The Morgan fingerprint density at radius 3 is 2.38 bits per heavy atom. The first-order valence-electron chi connectivity index (χ1n) is 5.96. The van der Waals surface area contributed by atoms with E-state index in [1.807, 2.05) is 0 Å². The minimum atomic E-state index is -3.69. The van der Waals surface area contributed by atoms with Crippen molar-refractivity contribution in [3.05, 3.63) is 51.5 Å². The van der Waals surface area contributed by atoms with E-state index in [1.165, 1.54) is 19.2 Å². The van der Waals surface area contributed by atoms with Crippen LogP contribution in [0.5, 0.6) is 5.75 Å². The summed E-state index contributed by atoms with van der Waals surface area (Å²) in [6.07, 6.45) is 0. The van der Waals surface area contributed by atoms with Gasteiger partial charge >= 0.3 is 0 Å². The van der Waals surface area contributed by atoms with Gasteiger partial charge in [-0.25, -0.2) is 8.42 Å². The van der Waals surface area contributed by atoms with Crippen molar-refractivity contribution in [1.29, 1.82) is 0 Å². The lowest BCUT2D eigenvalue weighted by Crippen LogP contribution is -2.13. The van der Waals surface area contributed by atoms with Crippen LogP contribution in [-0.2, 0) is 10.0 Å². The van der Waals surface area contributed by atoms with Crippen molar-refractivity contribution in [2.45, 2.75) is 11.8 Å². The van der Waals surface area contributed by atoms with Gasteiger partial charge in [-0.15, -0.1) is 0 Å². The van der Waals surface area contributed by atoms with Crippen LogP contribution in [0.1, 0.15) is 5.56 Å². The quantitative estimate of drug-likeness (QED) is 0.850. The lowest BCUT2D eigenvalue weighted by Gasteiger charge is -2.13. The SMILES string of the molecule is COc1cc(Cl)c(C)cc1NS(=O)(=O)c1ccc(Br)cc1. The topological polar surface area (TPSA) is 55.4 Å². The van der Waals surface area contributed by atoms with E-state index in [9.17, 15) is 8.42 Å². The number of halogens is 2. The molecule has 0 spiro atoms. The molecule has 0 amide bonds. The van der Waals surface area contributed by atoms with E-state index in [0.29, 0.717) is 16.5 Å². The second-order valence-electron chi connectivity index (χ2n) is 4.36. The third kappa shape index (κ3) is 3.70. The highest BCUT2D eigenvalue weighted by atomic mass is 79.9. The van der Waals surface area contributed by atoms with E-state index < -0.39 is 10.0 Å². The number of rotatable bonds is 4. The number of ether oxygens (including phenoxy) is 1. The maximum absolute atomic E-state index is 12.4. The highest BCUT2D eigenvalue weighted by molar-refractivity contribution is 9.10. The Morgan fingerprint density at radius 1 is 1.19 bits per heavy atom. The van der Waals surface area contributed by atoms with Gasteiger partial charge in [-0.05, 0) is 42.8 Å². The van der Waals surface area contributed by atoms with Crippen LogP contribution in [0.25, 0.3) is 0 Å². The highest BCUT2D eigenvalue weighted by Crippen LogP contribution is 2.32. The van der Waals surface area contributed by atoms with Gasteiger partial charge in [-0.1, -0.05) is 27.5 Å². The maximum Gasteiger partial charge on any atom is 0.262 e. The number of nitrogens with one attached hydrogen (secondary N) is 1. The summed E-state index contributed by atoms with van der Waals surface area (Å²) in [6.45, 7) is 1.79. The van der Waals surface area contributed by atoms with E-state index in [2.05, 4.69) is 20.7 Å². The Kier molecular flexibility index (Phi) is 4.81. The van der Waals surface area contributed by atoms with Crippen LogP contribution in [-0.4, -0.2) is 15.5 Å². The molecule has 2 aromatic carbocycles. The van der Waals surface area contributed by atoms with Gasteiger partial charge in [-0.3, -0.25) is 4.72 Å². The van der Waals surface area contributed by atoms with Crippen LogP contribution in [0.3, 0.4) is 0 Å². The summed E-state index contributed by atoms with van der Waals surface area (Å²) >= 11 is 9.28. The van der Waals surface area contributed by atoms with E-state index in [4.69, 9.17) is 16.3 Å². The Labute approximate surface area is 137 Å². The normalized spacial score (nSPS) is 11.2. The minimum Gasteiger partial charge on any atom is -0.495 e. The Morgan fingerprint density at radius 2 is 1.81 bits per heavy atom. The van der Waals surface area contributed by atoms with Gasteiger partial charge in [-0.2, -0.15) is 0 Å². The first-order valence-corrected chi connectivity index (χ1v) is 8.61. The average Bonchev–Trinajstić information content (AvgIpc) is 2.42. The highest BCUT2D eigenvalue weighted by Gasteiger charge is 2.17. The van der Waals surface area contributed by atoms with Crippen molar-refractivity contribution in [3.63, 3.8) is 0 Å². The molecular weight excluding hydrogens is 378 g/mol. The Balaban J connectivity index is 2.41. The van der Waals surface area contributed by atoms with Crippen LogP contribution in [0.4, 0.5) is 5.69 Å². The molecule has 0 unspecified atom stereocenters. The number of hydrogen-bond donors (Lipinski definition) is 1. The number of hydrogen-bond acceptors (Lipinski definition) is 3. The van der Waals surface area contributed by atoms with Gasteiger partial charge in [0, 0.05) is 15.6 Å². The first-order chi connectivity index (χ1) is 9.83. The van der Waals surface area contributed by atoms with Crippen LogP contribution in [0, 0.1) is 6.92 Å². The van der Waals surface area contributed by atoms with Gasteiger partial charge in [0.1, 0.15) is 5.75 Å². The number of aryl methyl sites for hydroxylation is 1. The fourth-order valence-electron chi connectivity index (χ4n) is 1.73. The predicted molar refractivity (Wildman–Crippen MR) is 87.7 cm³/mol. The molecule has 0 bridgehead atoms. The molecule has 0 saturated heterocycles. The van der Waals surface area contributed by atoms with Gasteiger partial charge in [0.25, 0.3) is 10.0 Å². The van der Waals surface area contributed by atoms with Crippen molar-refractivity contribution >= 4 is 43.2 Å². The van der Waals surface area contributed by atoms with E-state index in [-0.39, 0.29) is 4.90 Å². The van der Waals surface area contributed by atoms with E-state index in [1.54, 1.807) is 31.2 Å². The Hall–Kier alpha value is -1.24. The van der Waals surface area contributed by atoms with Crippen LogP contribution in [0.15, 0.2) is 45.8 Å². The molecule has 0 saturated carbocycles. The molecule has 0 heterocycles. The molecule has 0 radical (unpaired) electrons. The fraction of sp³-hybridized carbons (Fsp3) is 0.143. The lowest BCUT2D eigenvalue weighted by atomic mass is 10.2. The van der Waals surface area contributed by atoms with Crippen molar-refractivity contribution in [2.24, 2.45) is 0 Å². The van der Waals surface area contributed by atoms with Gasteiger partial charge < -0.3 is 4.74 Å². The Bertz CT molecular complexity index is 761. The van der Waals surface area contributed by atoms with Crippen molar-refractivity contribution in [3.8, 4) is 5.75 Å². The third-order valence-corrected chi connectivity index (χ3v) is 5.17. The third-order valence-electron chi connectivity index (χ3n) is 2.85. The first kappa shape index (κ1) is 16.1. The fourth-order valence-corrected chi connectivity index (χ4v) is 3.21. The monoisotopic (exact) mass is 389 g/mol. The summed E-state index contributed by atoms with van der Waals surface area (Å²) in [5.41, 5.74) is 1.10. The summed E-state index contributed by atoms with van der Waals surface area (Å²) in [6, 6.07) is 9.58. The molecule has 0 aromatic heterocycles. The zero-order chi connectivity index (χ0) is 15.6. The summed E-state index contributed by atoms with van der Waals surface area (Å²) in [7, 11) is -2.23. The van der Waals surface area contributed by atoms with Gasteiger partial charge in [0.05, 0.1) is 17.7 Å². The molecule has 112 valence electrons. The zero-order valence-electron chi connectivity index (χ0n) is 11.4. The second-order valence-corrected chi connectivity index (χ2v) is 7.37. The molecule has 0 aliphatic rings.